The quantitative estimate of drug-likeness (QED) is 0.569. The zero-order valence-electron chi connectivity index (χ0n) is 6.31. The van der Waals surface area contributed by atoms with E-state index in [1.807, 2.05) is 0 Å². The van der Waals surface area contributed by atoms with Gasteiger partial charge in [0.25, 0.3) is 0 Å². The Morgan fingerprint density at radius 1 is 1.00 bits per heavy atom. The van der Waals surface area contributed by atoms with Crippen LogP contribution in [-0.4, -0.2) is 24.6 Å². The van der Waals surface area contributed by atoms with E-state index in [1.165, 1.54) is 37.4 Å². The van der Waals surface area contributed by atoms with Crippen molar-refractivity contribution in [2.45, 2.75) is 12.8 Å². The first kappa shape index (κ1) is 6.99. The molecule has 2 unspecified atom stereocenters. The number of nitrogens with one attached hydrogen (secondary N) is 1. The van der Waals surface area contributed by atoms with E-state index < -0.39 is 0 Å². The van der Waals surface area contributed by atoms with Crippen LogP contribution in [0.25, 0.3) is 0 Å². The average Bonchev–Trinajstić information content (AvgIpc) is 2.28. The molecule has 0 bridgehead atoms. The number of thioether (sulfide) groups is 1. The van der Waals surface area contributed by atoms with E-state index in [1.54, 1.807) is 0 Å². The van der Waals surface area contributed by atoms with E-state index in [4.69, 9.17) is 0 Å². The van der Waals surface area contributed by atoms with Crippen LogP contribution >= 0.6 is 11.8 Å². The Balaban J connectivity index is 1.95. The highest BCUT2D eigenvalue weighted by Crippen LogP contribution is 2.29. The molecule has 0 spiro atoms. The van der Waals surface area contributed by atoms with Crippen molar-refractivity contribution in [3.63, 3.8) is 0 Å². The molecule has 0 radical (unpaired) electrons. The molecule has 0 aliphatic carbocycles. The third-order valence-electron chi connectivity index (χ3n) is 2.75. The number of rotatable bonds is 0. The second-order valence-electron chi connectivity index (χ2n) is 3.37. The fraction of sp³-hybridized carbons (Fsp3) is 1.00. The van der Waals surface area contributed by atoms with Crippen molar-refractivity contribution in [1.82, 2.24) is 5.32 Å². The van der Waals surface area contributed by atoms with Crippen LogP contribution in [-0.2, 0) is 0 Å². The van der Waals surface area contributed by atoms with Crippen molar-refractivity contribution in [2.24, 2.45) is 11.8 Å². The van der Waals surface area contributed by atoms with Gasteiger partial charge < -0.3 is 5.32 Å². The van der Waals surface area contributed by atoms with Crippen LogP contribution in [0.3, 0.4) is 0 Å². The van der Waals surface area contributed by atoms with Crippen LogP contribution in [0.1, 0.15) is 12.8 Å². The summed E-state index contributed by atoms with van der Waals surface area (Å²) in [6.45, 7) is 2.59. The van der Waals surface area contributed by atoms with E-state index in [0.29, 0.717) is 0 Å². The molecule has 2 rings (SSSR count). The molecule has 2 heteroatoms. The van der Waals surface area contributed by atoms with Gasteiger partial charge in [0.1, 0.15) is 0 Å². The first-order valence-electron chi connectivity index (χ1n) is 4.25. The van der Waals surface area contributed by atoms with Crippen LogP contribution < -0.4 is 5.32 Å². The molecule has 2 aliphatic heterocycles. The lowest BCUT2D eigenvalue weighted by molar-refractivity contribution is 0.409. The third-order valence-corrected chi connectivity index (χ3v) is 3.79. The van der Waals surface area contributed by atoms with Crippen LogP contribution in [0.2, 0.25) is 0 Å². The SMILES string of the molecule is C1CC2CNCC2CCS1. The fourth-order valence-corrected chi connectivity index (χ4v) is 3.18. The lowest BCUT2D eigenvalue weighted by Gasteiger charge is -2.12. The van der Waals surface area contributed by atoms with Crippen molar-refractivity contribution >= 4 is 11.8 Å². The second-order valence-corrected chi connectivity index (χ2v) is 4.59. The largest absolute Gasteiger partial charge is 0.316 e. The highest BCUT2D eigenvalue weighted by molar-refractivity contribution is 7.99. The van der Waals surface area contributed by atoms with Crippen LogP contribution in [0.5, 0.6) is 0 Å². The summed E-state index contributed by atoms with van der Waals surface area (Å²) in [6.07, 6.45) is 2.92. The zero-order valence-corrected chi connectivity index (χ0v) is 7.12. The maximum atomic E-state index is 3.48. The fourth-order valence-electron chi connectivity index (χ4n) is 2.03. The molecule has 0 aromatic rings. The monoisotopic (exact) mass is 157 g/mol. The van der Waals surface area contributed by atoms with Crippen molar-refractivity contribution in [3.8, 4) is 0 Å². The molecule has 58 valence electrons. The predicted molar refractivity (Wildman–Crippen MR) is 46.4 cm³/mol. The molecule has 0 saturated carbocycles. The summed E-state index contributed by atoms with van der Waals surface area (Å²) < 4.78 is 0. The van der Waals surface area contributed by atoms with E-state index in [0.717, 1.165) is 11.8 Å². The normalized spacial score (nSPS) is 40.8. The smallest absolute Gasteiger partial charge is 0.00170 e. The lowest BCUT2D eigenvalue weighted by atomic mass is 9.92. The number of fused-ring (bicyclic) bond motifs is 1. The Labute approximate surface area is 67.0 Å². The Kier molecular flexibility index (Phi) is 2.19. The number of hydrogen-bond acceptors (Lipinski definition) is 2. The van der Waals surface area contributed by atoms with Crippen LogP contribution in [0.15, 0.2) is 0 Å². The molecule has 2 fully saturated rings. The van der Waals surface area contributed by atoms with Gasteiger partial charge in [-0.1, -0.05) is 0 Å². The minimum absolute atomic E-state index is 1.02. The van der Waals surface area contributed by atoms with Gasteiger partial charge in [-0.05, 0) is 49.3 Å². The van der Waals surface area contributed by atoms with E-state index >= 15 is 0 Å². The van der Waals surface area contributed by atoms with Gasteiger partial charge in [-0.3, -0.25) is 0 Å². The van der Waals surface area contributed by atoms with Crippen LogP contribution in [0.4, 0.5) is 0 Å². The standard InChI is InChI=1S/C8H15NS/c1-3-10-4-2-8-6-9-5-7(1)8/h7-9H,1-6H2. The van der Waals surface area contributed by atoms with E-state index in [2.05, 4.69) is 17.1 Å². The van der Waals surface area contributed by atoms with Gasteiger partial charge in [0.15, 0.2) is 0 Å². The van der Waals surface area contributed by atoms with Crippen molar-refractivity contribution in [2.75, 3.05) is 24.6 Å². The first-order valence-corrected chi connectivity index (χ1v) is 5.41. The zero-order chi connectivity index (χ0) is 6.81. The van der Waals surface area contributed by atoms with Crippen LogP contribution in [0, 0.1) is 11.8 Å². The summed E-state index contributed by atoms with van der Waals surface area (Å²) in [5.41, 5.74) is 0. The van der Waals surface area contributed by atoms with Gasteiger partial charge in [-0.15, -0.1) is 0 Å². The molecule has 10 heavy (non-hydrogen) atoms. The van der Waals surface area contributed by atoms with E-state index in [-0.39, 0.29) is 0 Å². The molecule has 0 amide bonds. The Hall–Kier alpha value is 0.310. The summed E-state index contributed by atoms with van der Waals surface area (Å²) in [6, 6.07) is 0. The van der Waals surface area contributed by atoms with Crippen molar-refractivity contribution in [1.29, 1.82) is 0 Å². The molecule has 0 aromatic heterocycles. The average molecular weight is 157 g/mol. The topological polar surface area (TPSA) is 12.0 Å². The maximum Gasteiger partial charge on any atom is -0.00170 e. The molecule has 2 aliphatic rings. The summed E-state index contributed by atoms with van der Waals surface area (Å²) in [4.78, 5) is 0. The Morgan fingerprint density at radius 2 is 1.60 bits per heavy atom. The van der Waals surface area contributed by atoms with Gasteiger partial charge >= 0.3 is 0 Å². The van der Waals surface area contributed by atoms with Gasteiger partial charge in [0.2, 0.25) is 0 Å². The van der Waals surface area contributed by atoms with Gasteiger partial charge in [0, 0.05) is 0 Å². The highest BCUT2D eigenvalue weighted by Gasteiger charge is 2.27. The molecule has 2 saturated heterocycles. The predicted octanol–water partition coefficient (Wildman–Crippen LogP) is 1.35. The minimum atomic E-state index is 1.02. The molecule has 0 aromatic carbocycles. The summed E-state index contributed by atoms with van der Waals surface area (Å²) in [5, 5.41) is 3.48. The number of hydrogen-bond donors (Lipinski definition) is 1. The third kappa shape index (κ3) is 1.32. The first-order chi connectivity index (χ1) is 4.97. The second kappa shape index (κ2) is 3.14. The lowest BCUT2D eigenvalue weighted by Crippen LogP contribution is -2.10. The molecule has 2 heterocycles. The van der Waals surface area contributed by atoms with Crippen molar-refractivity contribution in [3.05, 3.63) is 0 Å². The molecular formula is C8H15NS. The van der Waals surface area contributed by atoms with E-state index in [9.17, 15) is 0 Å². The summed E-state index contributed by atoms with van der Waals surface area (Å²) in [7, 11) is 0. The maximum absolute atomic E-state index is 3.48. The molecular weight excluding hydrogens is 142 g/mol. The Morgan fingerprint density at radius 3 is 2.20 bits per heavy atom. The Bertz CT molecular complexity index is 104. The van der Waals surface area contributed by atoms with Gasteiger partial charge in [-0.25, -0.2) is 0 Å². The highest BCUT2D eigenvalue weighted by atomic mass is 32.2. The van der Waals surface area contributed by atoms with Gasteiger partial charge in [0.05, 0.1) is 0 Å². The minimum Gasteiger partial charge on any atom is -0.316 e. The summed E-state index contributed by atoms with van der Waals surface area (Å²) in [5.74, 6) is 4.86. The van der Waals surface area contributed by atoms with Crippen molar-refractivity contribution < 1.29 is 0 Å². The summed E-state index contributed by atoms with van der Waals surface area (Å²) >= 11 is 2.14. The molecule has 1 nitrogen and oxygen atoms in total. The van der Waals surface area contributed by atoms with Gasteiger partial charge in [-0.2, -0.15) is 11.8 Å². The molecule has 2 atom stereocenters. The molecule has 1 N–H and O–H groups in total.